The van der Waals surface area contributed by atoms with Gasteiger partial charge in [0.1, 0.15) is 11.6 Å². The van der Waals surface area contributed by atoms with Crippen molar-refractivity contribution in [1.29, 1.82) is 0 Å². The van der Waals surface area contributed by atoms with Crippen LogP contribution in [0.2, 0.25) is 0 Å². The van der Waals surface area contributed by atoms with Crippen LogP contribution in [0.4, 0.5) is 10.1 Å². The van der Waals surface area contributed by atoms with E-state index in [-0.39, 0.29) is 5.82 Å². The van der Waals surface area contributed by atoms with E-state index in [1.807, 2.05) is 14.1 Å². The minimum atomic E-state index is -0.261. The lowest BCUT2D eigenvalue weighted by atomic mass is 10.3. The number of nitrogens with zero attached hydrogens (tertiary/aromatic N) is 1. The minimum Gasteiger partial charge on any atom is -0.495 e. The number of nitrogens with one attached hydrogen (secondary N) is 1. The van der Waals surface area contributed by atoms with E-state index >= 15 is 0 Å². The number of anilines is 1. The summed E-state index contributed by atoms with van der Waals surface area (Å²) in [6.07, 6.45) is 0. The summed E-state index contributed by atoms with van der Waals surface area (Å²) < 4.78 is 18.1. The van der Waals surface area contributed by atoms with Crippen LogP contribution in [0.5, 0.6) is 5.75 Å². The van der Waals surface area contributed by atoms with Crippen LogP contribution in [0.15, 0.2) is 18.2 Å². The molecule has 3 nitrogen and oxygen atoms in total. The fraction of sp³-hybridized carbons (Fsp3) is 0.455. The molecule has 0 aliphatic carbocycles. The first kappa shape index (κ1) is 11.8. The number of hydrogen-bond donors (Lipinski definition) is 1. The average Bonchev–Trinajstić information content (AvgIpc) is 2.17. The van der Waals surface area contributed by atoms with Gasteiger partial charge in [0, 0.05) is 19.2 Å². The van der Waals surface area contributed by atoms with Gasteiger partial charge >= 0.3 is 0 Å². The molecule has 84 valence electrons. The molecule has 0 aliphatic rings. The molecule has 4 heteroatoms. The number of benzene rings is 1. The van der Waals surface area contributed by atoms with Crippen molar-refractivity contribution < 1.29 is 9.13 Å². The highest BCUT2D eigenvalue weighted by molar-refractivity contribution is 5.56. The second-order valence-electron chi connectivity index (χ2n) is 3.57. The molecule has 1 aromatic rings. The summed E-state index contributed by atoms with van der Waals surface area (Å²) in [5.74, 6) is 0.401. The third kappa shape index (κ3) is 3.75. The molecule has 0 atom stereocenters. The topological polar surface area (TPSA) is 24.5 Å². The van der Waals surface area contributed by atoms with Crippen molar-refractivity contribution >= 4 is 5.69 Å². The largest absolute Gasteiger partial charge is 0.495 e. The zero-order valence-electron chi connectivity index (χ0n) is 9.38. The summed E-state index contributed by atoms with van der Waals surface area (Å²) in [4.78, 5) is 2.05. The van der Waals surface area contributed by atoms with E-state index in [1.54, 1.807) is 13.2 Å². The van der Waals surface area contributed by atoms with Gasteiger partial charge in [0.25, 0.3) is 0 Å². The quantitative estimate of drug-likeness (QED) is 0.805. The van der Waals surface area contributed by atoms with Gasteiger partial charge in [-0.1, -0.05) is 0 Å². The van der Waals surface area contributed by atoms with Gasteiger partial charge in [-0.3, -0.25) is 0 Å². The molecule has 0 saturated carbocycles. The SMILES string of the molecule is COc1ccc(F)cc1NCCN(C)C. The average molecular weight is 212 g/mol. The zero-order chi connectivity index (χ0) is 11.3. The van der Waals surface area contributed by atoms with E-state index < -0.39 is 0 Å². The van der Waals surface area contributed by atoms with Crippen LogP contribution in [0.25, 0.3) is 0 Å². The van der Waals surface area contributed by atoms with E-state index in [2.05, 4.69) is 10.2 Å². The lowest BCUT2D eigenvalue weighted by Gasteiger charge is -2.13. The Labute approximate surface area is 89.8 Å². The Morgan fingerprint density at radius 3 is 2.73 bits per heavy atom. The van der Waals surface area contributed by atoms with E-state index in [4.69, 9.17) is 4.74 Å². The molecule has 0 amide bonds. The predicted molar refractivity (Wildman–Crippen MR) is 60.0 cm³/mol. The van der Waals surface area contributed by atoms with Gasteiger partial charge in [-0.15, -0.1) is 0 Å². The molecule has 0 unspecified atom stereocenters. The Bertz CT molecular complexity index is 315. The summed E-state index contributed by atoms with van der Waals surface area (Å²) in [5, 5.41) is 3.13. The van der Waals surface area contributed by atoms with Gasteiger partial charge in [0.15, 0.2) is 0 Å². The van der Waals surface area contributed by atoms with Crippen molar-refractivity contribution in [2.24, 2.45) is 0 Å². The number of rotatable bonds is 5. The van der Waals surface area contributed by atoms with Crippen LogP contribution in [-0.4, -0.2) is 39.2 Å². The van der Waals surface area contributed by atoms with E-state index in [0.717, 1.165) is 13.1 Å². The maximum atomic E-state index is 13.0. The number of hydrogen-bond acceptors (Lipinski definition) is 3. The summed E-state index contributed by atoms with van der Waals surface area (Å²) in [6, 6.07) is 4.44. The molecule has 0 heterocycles. The van der Waals surface area contributed by atoms with Crippen molar-refractivity contribution in [3.8, 4) is 5.75 Å². The molecule has 0 fully saturated rings. The fourth-order valence-electron chi connectivity index (χ4n) is 1.23. The van der Waals surface area contributed by atoms with Gasteiger partial charge in [0.05, 0.1) is 12.8 Å². The van der Waals surface area contributed by atoms with Crippen molar-refractivity contribution in [1.82, 2.24) is 4.90 Å². The molecular weight excluding hydrogens is 195 g/mol. The minimum absolute atomic E-state index is 0.261. The summed E-state index contributed by atoms with van der Waals surface area (Å²) in [6.45, 7) is 1.65. The van der Waals surface area contributed by atoms with Crippen LogP contribution in [0, 0.1) is 5.82 Å². The highest BCUT2D eigenvalue weighted by atomic mass is 19.1. The Morgan fingerprint density at radius 1 is 1.40 bits per heavy atom. The first-order chi connectivity index (χ1) is 7.13. The monoisotopic (exact) mass is 212 g/mol. The van der Waals surface area contributed by atoms with Crippen molar-refractivity contribution in [2.75, 3.05) is 39.6 Å². The van der Waals surface area contributed by atoms with Crippen molar-refractivity contribution in [3.63, 3.8) is 0 Å². The standard InChI is InChI=1S/C11H17FN2O/c1-14(2)7-6-13-10-8-9(12)4-5-11(10)15-3/h4-5,8,13H,6-7H2,1-3H3. The normalized spacial score (nSPS) is 10.5. The van der Waals surface area contributed by atoms with Gasteiger partial charge in [0.2, 0.25) is 0 Å². The van der Waals surface area contributed by atoms with Gasteiger partial charge in [-0.25, -0.2) is 4.39 Å². The van der Waals surface area contributed by atoms with Gasteiger partial charge in [-0.05, 0) is 26.2 Å². The predicted octanol–water partition coefficient (Wildman–Crippen LogP) is 1.81. The third-order valence-corrected chi connectivity index (χ3v) is 2.04. The second-order valence-corrected chi connectivity index (χ2v) is 3.57. The molecular formula is C11H17FN2O. The maximum absolute atomic E-state index is 13.0. The molecule has 1 N–H and O–H groups in total. The number of likely N-dealkylation sites (N-methyl/N-ethyl adjacent to an activating group) is 1. The number of halogens is 1. The second kappa shape index (κ2) is 5.56. The maximum Gasteiger partial charge on any atom is 0.142 e. The van der Waals surface area contributed by atoms with Crippen molar-refractivity contribution in [2.45, 2.75) is 0 Å². The van der Waals surface area contributed by atoms with E-state index in [0.29, 0.717) is 11.4 Å². The number of ether oxygens (including phenoxy) is 1. The third-order valence-electron chi connectivity index (χ3n) is 2.04. The zero-order valence-corrected chi connectivity index (χ0v) is 9.38. The highest BCUT2D eigenvalue weighted by Crippen LogP contribution is 2.24. The molecule has 0 saturated heterocycles. The summed E-state index contributed by atoms with van der Waals surface area (Å²) in [5.41, 5.74) is 0.694. The molecule has 0 bridgehead atoms. The van der Waals surface area contributed by atoms with Crippen LogP contribution in [0.3, 0.4) is 0 Å². The molecule has 0 radical (unpaired) electrons. The summed E-state index contributed by atoms with van der Waals surface area (Å²) in [7, 11) is 5.55. The van der Waals surface area contributed by atoms with Gasteiger partial charge in [-0.2, -0.15) is 0 Å². The van der Waals surface area contributed by atoms with E-state index in [1.165, 1.54) is 12.1 Å². The molecule has 0 aliphatic heterocycles. The van der Waals surface area contributed by atoms with Crippen LogP contribution in [0.1, 0.15) is 0 Å². The first-order valence-corrected chi connectivity index (χ1v) is 4.85. The Kier molecular flexibility index (Phi) is 4.37. The van der Waals surface area contributed by atoms with Crippen LogP contribution < -0.4 is 10.1 Å². The first-order valence-electron chi connectivity index (χ1n) is 4.85. The lowest BCUT2D eigenvalue weighted by Crippen LogP contribution is -2.21. The Hall–Kier alpha value is -1.29. The Balaban J connectivity index is 2.62. The molecule has 1 rings (SSSR count). The lowest BCUT2D eigenvalue weighted by molar-refractivity contribution is 0.412. The summed E-state index contributed by atoms with van der Waals surface area (Å²) >= 11 is 0. The van der Waals surface area contributed by atoms with Crippen molar-refractivity contribution in [3.05, 3.63) is 24.0 Å². The molecule has 0 spiro atoms. The smallest absolute Gasteiger partial charge is 0.142 e. The fourth-order valence-corrected chi connectivity index (χ4v) is 1.23. The highest BCUT2D eigenvalue weighted by Gasteiger charge is 2.03. The van der Waals surface area contributed by atoms with Crippen LogP contribution >= 0.6 is 0 Å². The molecule has 15 heavy (non-hydrogen) atoms. The van der Waals surface area contributed by atoms with Gasteiger partial charge < -0.3 is 15.0 Å². The molecule has 0 aromatic heterocycles. The molecule has 1 aromatic carbocycles. The van der Waals surface area contributed by atoms with Crippen LogP contribution in [-0.2, 0) is 0 Å². The van der Waals surface area contributed by atoms with E-state index in [9.17, 15) is 4.39 Å². The Morgan fingerprint density at radius 2 is 2.13 bits per heavy atom. The number of methoxy groups -OCH3 is 1.